The first-order chi connectivity index (χ1) is 16.4. The largest absolute Gasteiger partial charge is 0.494 e. The Hall–Kier alpha value is -4.53. The quantitative estimate of drug-likeness (QED) is 0.455. The summed E-state index contributed by atoms with van der Waals surface area (Å²) in [6.45, 7) is 0. The van der Waals surface area contributed by atoms with Crippen molar-refractivity contribution in [1.29, 1.82) is 0 Å². The highest BCUT2D eigenvalue weighted by molar-refractivity contribution is 6.09. The summed E-state index contributed by atoms with van der Waals surface area (Å²) in [4.78, 5) is 34.6. The first kappa shape index (κ1) is 22.7. The van der Waals surface area contributed by atoms with E-state index in [4.69, 9.17) is 4.74 Å². The minimum Gasteiger partial charge on any atom is -0.494 e. The van der Waals surface area contributed by atoms with Gasteiger partial charge >= 0.3 is 6.09 Å². The maximum Gasteiger partial charge on any atom is 0.412 e. The van der Waals surface area contributed by atoms with E-state index in [0.717, 1.165) is 21.9 Å². The van der Waals surface area contributed by atoms with Crippen LogP contribution in [0.15, 0.2) is 67.1 Å². The molecule has 8 nitrogen and oxygen atoms in total. The van der Waals surface area contributed by atoms with E-state index in [1.54, 1.807) is 49.9 Å². The fraction of sp³-hybridized carbons (Fsp3) is 0.120. The van der Waals surface area contributed by atoms with E-state index < -0.39 is 11.9 Å². The molecule has 1 N–H and O–H groups in total. The molecule has 9 heteroatoms. The van der Waals surface area contributed by atoms with Gasteiger partial charge in [-0.25, -0.2) is 14.2 Å². The number of anilines is 2. The summed E-state index contributed by atoms with van der Waals surface area (Å²) >= 11 is 0. The molecule has 4 rings (SSSR count). The van der Waals surface area contributed by atoms with Gasteiger partial charge in [-0.05, 0) is 41.8 Å². The van der Waals surface area contributed by atoms with Crippen molar-refractivity contribution in [3.05, 3.63) is 78.5 Å². The number of fused-ring (bicyclic) bond motifs is 1. The van der Waals surface area contributed by atoms with E-state index >= 15 is 0 Å². The monoisotopic (exact) mass is 460 g/mol. The molecule has 2 aromatic heterocycles. The topological polar surface area (TPSA) is 93.6 Å². The first-order valence-electron chi connectivity index (χ1n) is 10.2. The van der Waals surface area contributed by atoms with Crippen LogP contribution in [-0.2, 0) is 4.74 Å². The molecule has 0 spiro atoms. The standard InChI is InChI=1S/C25H21FN4O4/c1-30(18-7-8-21(26)22(11-18)33-2)24(31)15-4-5-16-12-27-14-20(19(16)10-15)17-6-9-23(28-13-17)29-25(32)34-3/h4-14H,1-3H3,(H,28,29,32). The van der Waals surface area contributed by atoms with Gasteiger partial charge in [0.15, 0.2) is 11.6 Å². The van der Waals surface area contributed by atoms with Crippen LogP contribution in [0.5, 0.6) is 5.75 Å². The van der Waals surface area contributed by atoms with Crippen LogP contribution in [-0.4, -0.2) is 43.2 Å². The van der Waals surface area contributed by atoms with E-state index in [2.05, 4.69) is 20.0 Å². The molecule has 2 heterocycles. The Morgan fingerprint density at radius 1 is 1.00 bits per heavy atom. The number of carbonyl (C=O) groups excluding carboxylic acids is 2. The van der Waals surface area contributed by atoms with Crippen molar-refractivity contribution >= 4 is 34.3 Å². The van der Waals surface area contributed by atoms with Gasteiger partial charge in [0.2, 0.25) is 0 Å². The average Bonchev–Trinajstić information content (AvgIpc) is 2.87. The fourth-order valence-electron chi connectivity index (χ4n) is 3.48. The molecule has 0 aliphatic heterocycles. The third-order valence-corrected chi connectivity index (χ3v) is 5.32. The number of carbonyl (C=O) groups is 2. The second-order valence-electron chi connectivity index (χ2n) is 7.35. The molecule has 4 aromatic rings. The minimum absolute atomic E-state index is 0.0571. The average molecular weight is 460 g/mol. The third kappa shape index (κ3) is 4.49. The highest BCUT2D eigenvalue weighted by atomic mass is 19.1. The molecule has 0 aliphatic carbocycles. The van der Waals surface area contributed by atoms with Crippen LogP contribution in [0.2, 0.25) is 0 Å². The first-order valence-corrected chi connectivity index (χ1v) is 10.2. The Morgan fingerprint density at radius 3 is 2.53 bits per heavy atom. The Bertz CT molecular complexity index is 1380. The van der Waals surface area contributed by atoms with Crippen LogP contribution >= 0.6 is 0 Å². The number of hydrogen-bond acceptors (Lipinski definition) is 6. The van der Waals surface area contributed by atoms with Gasteiger partial charge in [-0.2, -0.15) is 0 Å². The SMILES string of the molecule is COC(=O)Nc1ccc(-c2cncc3ccc(C(=O)N(C)c4ccc(F)c(OC)c4)cc23)cn1. The van der Waals surface area contributed by atoms with Gasteiger partial charge in [-0.15, -0.1) is 0 Å². The number of pyridine rings is 2. The Labute approximate surface area is 195 Å². The van der Waals surface area contributed by atoms with E-state index in [9.17, 15) is 14.0 Å². The highest BCUT2D eigenvalue weighted by Crippen LogP contribution is 2.30. The lowest BCUT2D eigenvalue weighted by Crippen LogP contribution is -2.26. The van der Waals surface area contributed by atoms with Gasteiger partial charge in [-0.3, -0.25) is 15.1 Å². The van der Waals surface area contributed by atoms with Crippen molar-refractivity contribution in [3.63, 3.8) is 0 Å². The van der Waals surface area contributed by atoms with Crippen molar-refractivity contribution in [2.45, 2.75) is 0 Å². The highest BCUT2D eigenvalue weighted by Gasteiger charge is 2.17. The van der Waals surface area contributed by atoms with Crippen molar-refractivity contribution in [2.24, 2.45) is 0 Å². The molecular weight excluding hydrogens is 439 g/mol. The van der Waals surface area contributed by atoms with Crippen LogP contribution in [0.4, 0.5) is 20.7 Å². The molecule has 172 valence electrons. The van der Waals surface area contributed by atoms with Crippen molar-refractivity contribution in [2.75, 3.05) is 31.5 Å². The number of nitrogens with one attached hydrogen (secondary N) is 1. The predicted molar refractivity (Wildman–Crippen MR) is 127 cm³/mol. The second kappa shape index (κ2) is 9.53. The summed E-state index contributed by atoms with van der Waals surface area (Å²) in [5.74, 6) is -0.372. The van der Waals surface area contributed by atoms with Crippen LogP contribution in [0, 0.1) is 5.82 Å². The lowest BCUT2D eigenvalue weighted by atomic mass is 10.00. The summed E-state index contributed by atoms with van der Waals surface area (Å²) in [5.41, 5.74) is 2.48. The molecular formula is C25H21FN4O4. The Kier molecular flexibility index (Phi) is 6.35. The maximum absolute atomic E-state index is 13.8. The number of benzene rings is 2. The molecule has 34 heavy (non-hydrogen) atoms. The molecule has 0 saturated heterocycles. The van der Waals surface area contributed by atoms with E-state index in [1.165, 1.54) is 37.3 Å². The van der Waals surface area contributed by atoms with Crippen molar-refractivity contribution in [3.8, 4) is 16.9 Å². The summed E-state index contributed by atoms with van der Waals surface area (Å²) in [6.07, 6.45) is 4.39. The van der Waals surface area contributed by atoms with Gasteiger partial charge in [0.25, 0.3) is 5.91 Å². The fourth-order valence-corrected chi connectivity index (χ4v) is 3.48. The van der Waals surface area contributed by atoms with Crippen molar-refractivity contribution < 1.29 is 23.5 Å². The van der Waals surface area contributed by atoms with E-state index in [-0.39, 0.29) is 11.7 Å². The van der Waals surface area contributed by atoms with Gasteiger partial charge in [0.1, 0.15) is 5.82 Å². The lowest BCUT2D eigenvalue weighted by Gasteiger charge is -2.19. The maximum atomic E-state index is 13.8. The third-order valence-electron chi connectivity index (χ3n) is 5.32. The predicted octanol–water partition coefficient (Wildman–Crippen LogP) is 4.90. The summed E-state index contributed by atoms with van der Waals surface area (Å²) in [5, 5.41) is 4.15. The summed E-state index contributed by atoms with van der Waals surface area (Å²) < 4.78 is 23.4. The van der Waals surface area contributed by atoms with Crippen LogP contribution < -0.4 is 15.0 Å². The van der Waals surface area contributed by atoms with Crippen LogP contribution in [0.3, 0.4) is 0 Å². The lowest BCUT2D eigenvalue weighted by molar-refractivity contribution is 0.0993. The summed E-state index contributed by atoms with van der Waals surface area (Å²) in [6, 6.07) is 13.0. The number of ether oxygens (including phenoxy) is 2. The normalized spacial score (nSPS) is 10.6. The second-order valence-corrected chi connectivity index (χ2v) is 7.35. The summed E-state index contributed by atoms with van der Waals surface area (Å²) in [7, 11) is 4.26. The van der Waals surface area contributed by atoms with Crippen LogP contribution in [0.1, 0.15) is 10.4 Å². The molecule has 0 unspecified atom stereocenters. The number of hydrogen-bond donors (Lipinski definition) is 1. The van der Waals surface area contributed by atoms with Crippen LogP contribution in [0.25, 0.3) is 21.9 Å². The minimum atomic E-state index is -0.613. The molecule has 0 fully saturated rings. The van der Waals surface area contributed by atoms with E-state index in [0.29, 0.717) is 17.1 Å². The number of amides is 2. The number of halogens is 1. The molecule has 0 radical (unpaired) electrons. The van der Waals surface area contributed by atoms with E-state index in [1.807, 2.05) is 6.07 Å². The molecule has 2 aromatic carbocycles. The van der Waals surface area contributed by atoms with Gasteiger partial charge < -0.3 is 14.4 Å². The zero-order valence-electron chi connectivity index (χ0n) is 18.7. The number of nitrogens with zero attached hydrogens (tertiary/aromatic N) is 3. The Balaban J connectivity index is 1.68. The molecule has 0 aliphatic rings. The number of aromatic nitrogens is 2. The Morgan fingerprint density at radius 2 is 1.82 bits per heavy atom. The molecule has 2 amide bonds. The molecule has 0 saturated carbocycles. The van der Waals surface area contributed by atoms with Gasteiger partial charge in [0.05, 0.1) is 14.2 Å². The smallest absolute Gasteiger partial charge is 0.412 e. The van der Waals surface area contributed by atoms with Gasteiger partial charge in [0, 0.05) is 59.5 Å². The zero-order valence-corrected chi connectivity index (χ0v) is 18.7. The van der Waals surface area contributed by atoms with Gasteiger partial charge in [-0.1, -0.05) is 6.07 Å². The number of methoxy groups -OCH3 is 2. The zero-order chi connectivity index (χ0) is 24.2. The number of rotatable bonds is 5. The van der Waals surface area contributed by atoms with Crippen molar-refractivity contribution in [1.82, 2.24) is 9.97 Å². The molecule has 0 atom stereocenters. The molecule has 0 bridgehead atoms.